The van der Waals surface area contributed by atoms with Gasteiger partial charge in [-0.2, -0.15) is 0 Å². The molecule has 2 nitrogen and oxygen atoms in total. The number of rotatable bonds is 2. The predicted molar refractivity (Wildman–Crippen MR) is 83.4 cm³/mol. The summed E-state index contributed by atoms with van der Waals surface area (Å²) >= 11 is 0. The van der Waals surface area contributed by atoms with E-state index in [1.165, 1.54) is 37.7 Å². The zero-order chi connectivity index (χ0) is 13.8. The summed E-state index contributed by atoms with van der Waals surface area (Å²) in [6.45, 7) is 2.87. The van der Waals surface area contributed by atoms with Crippen molar-refractivity contribution in [3.63, 3.8) is 0 Å². The molecule has 1 saturated carbocycles. The molecule has 106 valence electrons. The number of nitrogens with zero attached hydrogens (tertiary/aromatic N) is 1. The van der Waals surface area contributed by atoms with Gasteiger partial charge in [0.15, 0.2) is 0 Å². The van der Waals surface area contributed by atoms with E-state index in [1.807, 2.05) is 0 Å². The Morgan fingerprint density at radius 3 is 2.65 bits per heavy atom. The van der Waals surface area contributed by atoms with E-state index in [1.54, 1.807) is 0 Å². The lowest BCUT2D eigenvalue weighted by atomic mass is 9.79. The second-order valence-corrected chi connectivity index (χ2v) is 6.26. The van der Waals surface area contributed by atoms with Crippen molar-refractivity contribution in [1.29, 1.82) is 0 Å². The molecule has 2 fully saturated rings. The topological polar surface area (TPSA) is 15.3 Å². The second kappa shape index (κ2) is 5.99. The molecule has 3 rings (SSSR count). The quantitative estimate of drug-likeness (QED) is 0.830. The van der Waals surface area contributed by atoms with E-state index >= 15 is 0 Å². The van der Waals surface area contributed by atoms with Crippen LogP contribution in [-0.2, 0) is 0 Å². The molecule has 1 aromatic carbocycles. The summed E-state index contributed by atoms with van der Waals surface area (Å²) in [4.78, 5) is 2.50. The number of hydrogen-bond donors (Lipinski definition) is 1. The molecule has 0 aromatic heterocycles. The molecule has 0 radical (unpaired) electrons. The monoisotopic (exact) mass is 268 g/mol. The lowest BCUT2D eigenvalue weighted by Crippen LogP contribution is -2.62. The van der Waals surface area contributed by atoms with Crippen molar-refractivity contribution < 1.29 is 0 Å². The summed E-state index contributed by atoms with van der Waals surface area (Å²) in [5, 5.41) is 3.86. The van der Waals surface area contributed by atoms with Crippen LogP contribution in [0.4, 0.5) is 0 Å². The van der Waals surface area contributed by atoms with Gasteiger partial charge >= 0.3 is 0 Å². The van der Waals surface area contributed by atoms with Gasteiger partial charge in [0, 0.05) is 24.7 Å². The van der Waals surface area contributed by atoms with Gasteiger partial charge in [0.2, 0.25) is 0 Å². The third kappa shape index (κ3) is 2.75. The Bertz CT molecular complexity index is 468. The van der Waals surface area contributed by atoms with Crippen molar-refractivity contribution in [3.8, 4) is 12.3 Å². The molecule has 1 atom stereocenters. The standard InChI is InChI=1S/C18H24N2/c1-2-13-20-15-18(11-7-4-8-12-18)19-14-17(20)16-9-5-3-6-10-16/h1,3,5-6,9-10,17,19H,4,7-8,11-15H2. The maximum absolute atomic E-state index is 5.61. The number of benzene rings is 1. The molecule has 2 aliphatic rings. The number of hydrogen-bond acceptors (Lipinski definition) is 2. The molecule has 1 aromatic rings. The molecular formula is C18H24N2. The van der Waals surface area contributed by atoms with Crippen LogP contribution < -0.4 is 5.32 Å². The molecule has 1 heterocycles. The molecule has 1 spiro atoms. The van der Waals surface area contributed by atoms with Gasteiger partial charge in [0.25, 0.3) is 0 Å². The minimum atomic E-state index is 0.320. The van der Waals surface area contributed by atoms with Crippen molar-refractivity contribution in [1.82, 2.24) is 10.2 Å². The first-order chi connectivity index (χ1) is 9.83. The van der Waals surface area contributed by atoms with Crippen molar-refractivity contribution in [2.45, 2.75) is 43.7 Å². The molecule has 0 amide bonds. The Balaban J connectivity index is 1.78. The van der Waals surface area contributed by atoms with E-state index in [2.05, 4.69) is 46.5 Å². The molecule has 2 heteroatoms. The minimum Gasteiger partial charge on any atom is -0.308 e. The number of piperazine rings is 1. The first-order valence-corrected chi connectivity index (χ1v) is 7.80. The Kier molecular flexibility index (Phi) is 4.10. The lowest BCUT2D eigenvalue weighted by Gasteiger charge is -2.49. The largest absolute Gasteiger partial charge is 0.308 e. The van der Waals surface area contributed by atoms with E-state index in [4.69, 9.17) is 6.42 Å². The number of terminal acetylenes is 1. The summed E-state index contributed by atoms with van der Waals surface area (Å²) in [6, 6.07) is 11.2. The Morgan fingerprint density at radius 1 is 1.20 bits per heavy atom. The fraction of sp³-hybridized carbons (Fsp3) is 0.556. The van der Waals surface area contributed by atoms with E-state index in [-0.39, 0.29) is 0 Å². The molecular weight excluding hydrogens is 244 g/mol. The van der Waals surface area contributed by atoms with Gasteiger partial charge in [-0.25, -0.2) is 0 Å². The van der Waals surface area contributed by atoms with Gasteiger partial charge in [-0.3, -0.25) is 4.90 Å². The van der Waals surface area contributed by atoms with Crippen LogP contribution in [0.5, 0.6) is 0 Å². The second-order valence-electron chi connectivity index (χ2n) is 6.26. The molecule has 1 aliphatic heterocycles. The molecule has 1 aliphatic carbocycles. The first kappa shape index (κ1) is 13.7. The third-order valence-electron chi connectivity index (χ3n) is 4.91. The fourth-order valence-corrected chi connectivity index (χ4v) is 3.85. The van der Waals surface area contributed by atoms with E-state index in [0.717, 1.165) is 19.6 Å². The zero-order valence-electron chi connectivity index (χ0n) is 12.1. The van der Waals surface area contributed by atoms with Crippen molar-refractivity contribution in [3.05, 3.63) is 35.9 Å². The maximum Gasteiger partial charge on any atom is 0.0605 e. The highest BCUT2D eigenvalue weighted by molar-refractivity contribution is 5.21. The lowest BCUT2D eigenvalue weighted by molar-refractivity contribution is 0.0657. The SMILES string of the molecule is C#CCN1CC2(CCCCC2)NCC1c1ccccc1. The summed E-state index contributed by atoms with van der Waals surface area (Å²) in [6.07, 6.45) is 12.3. The van der Waals surface area contributed by atoms with Crippen LogP contribution in [0.1, 0.15) is 43.7 Å². The van der Waals surface area contributed by atoms with Crippen LogP contribution in [0, 0.1) is 12.3 Å². The van der Waals surface area contributed by atoms with E-state index < -0.39 is 0 Å². The van der Waals surface area contributed by atoms with Crippen molar-refractivity contribution in [2.75, 3.05) is 19.6 Å². The van der Waals surface area contributed by atoms with E-state index in [0.29, 0.717) is 11.6 Å². The van der Waals surface area contributed by atoms with Crippen LogP contribution in [0.25, 0.3) is 0 Å². The zero-order valence-corrected chi connectivity index (χ0v) is 12.1. The van der Waals surface area contributed by atoms with Crippen molar-refractivity contribution >= 4 is 0 Å². The third-order valence-corrected chi connectivity index (χ3v) is 4.91. The molecule has 0 bridgehead atoms. The maximum atomic E-state index is 5.61. The van der Waals surface area contributed by atoms with Crippen LogP contribution in [0.15, 0.2) is 30.3 Å². The molecule has 1 unspecified atom stereocenters. The Labute approximate surface area is 122 Å². The molecule has 1 N–H and O–H groups in total. The summed E-state index contributed by atoms with van der Waals surface area (Å²) in [5.74, 6) is 2.86. The summed E-state index contributed by atoms with van der Waals surface area (Å²) < 4.78 is 0. The summed E-state index contributed by atoms with van der Waals surface area (Å²) in [5.41, 5.74) is 1.70. The normalized spacial score (nSPS) is 26.2. The van der Waals surface area contributed by atoms with Gasteiger partial charge in [-0.15, -0.1) is 6.42 Å². The van der Waals surface area contributed by atoms with Gasteiger partial charge in [0.1, 0.15) is 0 Å². The average Bonchev–Trinajstić information content (AvgIpc) is 2.50. The van der Waals surface area contributed by atoms with Gasteiger partial charge in [-0.05, 0) is 18.4 Å². The average molecular weight is 268 g/mol. The van der Waals surface area contributed by atoms with Crippen molar-refractivity contribution in [2.24, 2.45) is 0 Å². The molecule has 20 heavy (non-hydrogen) atoms. The number of nitrogens with one attached hydrogen (secondary N) is 1. The smallest absolute Gasteiger partial charge is 0.0605 e. The van der Waals surface area contributed by atoms with Gasteiger partial charge in [-0.1, -0.05) is 55.5 Å². The predicted octanol–water partition coefficient (Wildman–Crippen LogP) is 2.97. The van der Waals surface area contributed by atoms with Crippen LogP contribution in [0.2, 0.25) is 0 Å². The van der Waals surface area contributed by atoms with Gasteiger partial charge < -0.3 is 5.32 Å². The fourth-order valence-electron chi connectivity index (χ4n) is 3.85. The highest BCUT2D eigenvalue weighted by Gasteiger charge is 2.39. The Morgan fingerprint density at radius 2 is 1.95 bits per heavy atom. The summed E-state index contributed by atoms with van der Waals surface area (Å²) in [7, 11) is 0. The van der Waals surface area contributed by atoms with Crippen LogP contribution in [0.3, 0.4) is 0 Å². The minimum absolute atomic E-state index is 0.320. The van der Waals surface area contributed by atoms with Crippen LogP contribution >= 0.6 is 0 Å². The van der Waals surface area contributed by atoms with Crippen LogP contribution in [-0.4, -0.2) is 30.1 Å². The highest BCUT2D eigenvalue weighted by Crippen LogP contribution is 2.35. The van der Waals surface area contributed by atoms with E-state index in [9.17, 15) is 0 Å². The highest BCUT2D eigenvalue weighted by atomic mass is 15.3. The van der Waals surface area contributed by atoms with Gasteiger partial charge in [0.05, 0.1) is 6.54 Å². The first-order valence-electron chi connectivity index (χ1n) is 7.80. The molecule has 1 saturated heterocycles. The Hall–Kier alpha value is -1.30.